The second-order valence-corrected chi connectivity index (χ2v) is 8.29. The fourth-order valence-corrected chi connectivity index (χ4v) is 2.14. The maximum absolute atomic E-state index is 12.0. The largest absolute Gasteiger partial charge is 0.356 e. The van der Waals surface area contributed by atoms with Gasteiger partial charge in [0.15, 0.2) is 9.84 Å². The van der Waals surface area contributed by atoms with Crippen molar-refractivity contribution >= 4 is 21.7 Å². The standard InChI is InChI=1S/C12H20N4O3S/c1-12(2,20(3,18)19)8-14-10(17)9-7-16-6-4-5-13-11(16)15-9/h7H,4-6,8H2,1-3H3,(H,13,15)(H,14,17). The minimum Gasteiger partial charge on any atom is -0.356 e. The van der Waals surface area contributed by atoms with E-state index < -0.39 is 14.6 Å². The molecule has 2 N–H and O–H groups in total. The van der Waals surface area contributed by atoms with E-state index in [4.69, 9.17) is 0 Å². The van der Waals surface area contributed by atoms with Gasteiger partial charge >= 0.3 is 0 Å². The third-order valence-corrected chi connectivity index (χ3v) is 5.70. The van der Waals surface area contributed by atoms with Gasteiger partial charge in [0.25, 0.3) is 5.91 Å². The lowest BCUT2D eigenvalue weighted by atomic mass is 10.2. The monoisotopic (exact) mass is 300 g/mol. The summed E-state index contributed by atoms with van der Waals surface area (Å²) >= 11 is 0. The van der Waals surface area contributed by atoms with Crippen LogP contribution in [0.2, 0.25) is 0 Å². The Morgan fingerprint density at radius 1 is 1.55 bits per heavy atom. The van der Waals surface area contributed by atoms with Crippen LogP contribution in [0.3, 0.4) is 0 Å². The zero-order valence-electron chi connectivity index (χ0n) is 11.9. The third-order valence-electron chi connectivity index (χ3n) is 3.55. The number of carbonyl (C=O) groups is 1. The number of aromatic nitrogens is 2. The van der Waals surface area contributed by atoms with Crippen LogP contribution in [0.5, 0.6) is 0 Å². The molecule has 0 bridgehead atoms. The highest BCUT2D eigenvalue weighted by Crippen LogP contribution is 2.16. The number of anilines is 1. The summed E-state index contributed by atoms with van der Waals surface area (Å²) in [6, 6.07) is 0. The van der Waals surface area contributed by atoms with Gasteiger partial charge in [0.2, 0.25) is 5.95 Å². The molecule has 2 rings (SSSR count). The zero-order chi connectivity index (χ0) is 15.0. The van der Waals surface area contributed by atoms with Gasteiger partial charge in [-0.25, -0.2) is 13.4 Å². The van der Waals surface area contributed by atoms with E-state index in [0.29, 0.717) is 11.6 Å². The highest BCUT2D eigenvalue weighted by Gasteiger charge is 2.31. The van der Waals surface area contributed by atoms with Gasteiger partial charge in [0.05, 0.1) is 4.75 Å². The first-order valence-electron chi connectivity index (χ1n) is 6.49. The van der Waals surface area contributed by atoms with Crippen LogP contribution in [0.4, 0.5) is 5.95 Å². The number of fused-ring (bicyclic) bond motifs is 1. The maximum Gasteiger partial charge on any atom is 0.271 e. The quantitative estimate of drug-likeness (QED) is 0.831. The Balaban J connectivity index is 2.04. The van der Waals surface area contributed by atoms with E-state index >= 15 is 0 Å². The summed E-state index contributed by atoms with van der Waals surface area (Å²) in [4.78, 5) is 16.2. The molecule has 0 atom stereocenters. The lowest BCUT2D eigenvalue weighted by Gasteiger charge is -2.22. The van der Waals surface area contributed by atoms with Gasteiger partial charge in [-0.1, -0.05) is 0 Å². The average molecular weight is 300 g/mol. The first kappa shape index (κ1) is 14.8. The molecule has 2 heterocycles. The van der Waals surface area contributed by atoms with Crippen LogP contribution in [0.25, 0.3) is 0 Å². The normalized spacial score (nSPS) is 15.3. The number of rotatable bonds is 4. The van der Waals surface area contributed by atoms with E-state index in [1.807, 2.05) is 4.57 Å². The Labute approximate surface area is 118 Å². The molecule has 0 fully saturated rings. The molecule has 20 heavy (non-hydrogen) atoms. The number of hydrogen-bond acceptors (Lipinski definition) is 5. The summed E-state index contributed by atoms with van der Waals surface area (Å²) < 4.78 is 24.0. The van der Waals surface area contributed by atoms with Crippen LogP contribution < -0.4 is 10.6 Å². The number of aryl methyl sites for hydroxylation is 1. The van der Waals surface area contributed by atoms with Gasteiger partial charge in [-0.3, -0.25) is 4.79 Å². The highest BCUT2D eigenvalue weighted by molar-refractivity contribution is 7.92. The van der Waals surface area contributed by atoms with Crippen molar-refractivity contribution in [1.82, 2.24) is 14.9 Å². The van der Waals surface area contributed by atoms with Gasteiger partial charge in [-0.15, -0.1) is 0 Å². The summed E-state index contributed by atoms with van der Waals surface area (Å²) in [6.45, 7) is 4.90. The predicted octanol–water partition coefficient (Wildman–Crippen LogP) is 0.252. The van der Waals surface area contributed by atoms with Crippen molar-refractivity contribution in [2.45, 2.75) is 31.6 Å². The molecule has 8 heteroatoms. The Morgan fingerprint density at radius 2 is 2.25 bits per heavy atom. The number of carbonyl (C=O) groups excluding carboxylic acids is 1. The Hall–Kier alpha value is -1.57. The minimum atomic E-state index is -3.24. The molecule has 0 unspecified atom stereocenters. The molecule has 0 saturated carbocycles. The number of amides is 1. The Morgan fingerprint density at radius 3 is 2.85 bits per heavy atom. The molecular weight excluding hydrogens is 280 g/mol. The van der Waals surface area contributed by atoms with Crippen molar-refractivity contribution in [3.05, 3.63) is 11.9 Å². The Bertz CT molecular complexity index is 595. The molecule has 7 nitrogen and oxygen atoms in total. The van der Waals surface area contributed by atoms with Gasteiger partial charge in [-0.2, -0.15) is 0 Å². The molecule has 0 aromatic carbocycles. The smallest absolute Gasteiger partial charge is 0.271 e. The van der Waals surface area contributed by atoms with E-state index in [2.05, 4.69) is 15.6 Å². The van der Waals surface area contributed by atoms with Crippen LogP contribution in [-0.2, 0) is 16.4 Å². The van der Waals surface area contributed by atoms with E-state index in [-0.39, 0.29) is 12.5 Å². The minimum absolute atomic E-state index is 0.0558. The van der Waals surface area contributed by atoms with Crippen molar-refractivity contribution in [3.63, 3.8) is 0 Å². The van der Waals surface area contributed by atoms with Gasteiger partial charge in [-0.05, 0) is 20.3 Å². The first-order chi connectivity index (χ1) is 9.21. The molecule has 1 amide bonds. The lowest BCUT2D eigenvalue weighted by molar-refractivity contribution is 0.0946. The SMILES string of the molecule is CC(C)(CNC(=O)c1cn2c(n1)NCCC2)S(C)(=O)=O. The first-order valence-corrected chi connectivity index (χ1v) is 8.39. The second-order valence-electron chi connectivity index (χ2n) is 5.64. The van der Waals surface area contributed by atoms with Crippen LogP contribution in [-0.4, -0.2) is 48.0 Å². The molecule has 1 aliphatic heterocycles. The summed E-state index contributed by atoms with van der Waals surface area (Å²) in [5, 5.41) is 5.74. The molecule has 1 aliphatic rings. The van der Waals surface area contributed by atoms with Gasteiger partial charge in [0.1, 0.15) is 5.69 Å². The van der Waals surface area contributed by atoms with Crippen molar-refractivity contribution in [2.75, 3.05) is 24.7 Å². The summed E-state index contributed by atoms with van der Waals surface area (Å²) in [5.74, 6) is 0.328. The number of nitrogens with one attached hydrogen (secondary N) is 2. The fraction of sp³-hybridized carbons (Fsp3) is 0.667. The van der Waals surface area contributed by atoms with E-state index in [1.54, 1.807) is 20.0 Å². The number of imidazole rings is 1. The predicted molar refractivity (Wildman–Crippen MR) is 76.6 cm³/mol. The molecule has 0 aliphatic carbocycles. The molecule has 1 aromatic heterocycles. The number of hydrogen-bond donors (Lipinski definition) is 2. The van der Waals surface area contributed by atoms with Crippen molar-refractivity contribution in [2.24, 2.45) is 0 Å². The Kier molecular flexibility index (Phi) is 3.77. The molecule has 0 saturated heterocycles. The second kappa shape index (κ2) is 5.08. The van der Waals surface area contributed by atoms with Crippen LogP contribution in [0.1, 0.15) is 30.8 Å². The number of nitrogens with zero attached hydrogens (tertiary/aromatic N) is 2. The molecule has 1 aromatic rings. The van der Waals surface area contributed by atoms with Crippen LogP contribution >= 0.6 is 0 Å². The number of sulfone groups is 1. The average Bonchev–Trinajstić information content (AvgIpc) is 2.78. The van der Waals surface area contributed by atoms with Crippen LogP contribution in [0.15, 0.2) is 6.20 Å². The molecule has 112 valence electrons. The highest BCUT2D eigenvalue weighted by atomic mass is 32.2. The van der Waals surface area contributed by atoms with Crippen molar-refractivity contribution in [3.8, 4) is 0 Å². The zero-order valence-corrected chi connectivity index (χ0v) is 12.7. The third kappa shape index (κ3) is 2.95. The van der Waals surface area contributed by atoms with Gasteiger partial charge in [0, 0.05) is 32.1 Å². The molecule has 0 radical (unpaired) electrons. The van der Waals surface area contributed by atoms with Crippen molar-refractivity contribution < 1.29 is 13.2 Å². The van der Waals surface area contributed by atoms with E-state index in [9.17, 15) is 13.2 Å². The van der Waals surface area contributed by atoms with E-state index in [1.165, 1.54) is 6.26 Å². The maximum atomic E-state index is 12.0. The fourth-order valence-electron chi connectivity index (χ4n) is 1.80. The molecule has 0 spiro atoms. The van der Waals surface area contributed by atoms with E-state index in [0.717, 1.165) is 19.5 Å². The van der Waals surface area contributed by atoms with Gasteiger partial charge < -0.3 is 15.2 Å². The summed E-state index contributed by atoms with van der Waals surface area (Å²) in [5.41, 5.74) is 0.304. The van der Waals surface area contributed by atoms with Crippen molar-refractivity contribution in [1.29, 1.82) is 0 Å². The molecular formula is C12H20N4O3S. The van der Waals surface area contributed by atoms with Crippen LogP contribution in [0, 0.1) is 0 Å². The summed E-state index contributed by atoms with van der Waals surface area (Å²) in [6.07, 6.45) is 3.84. The lowest BCUT2D eigenvalue weighted by Crippen LogP contribution is -2.43. The summed E-state index contributed by atoms with van der Waals surface area (Å²) in [7, 11) is -3.24. The topological polar surface area (TPSA) is 93.1 Å².